The summed E-state index contributed by atoms with van der Waals surface area (Å²) in [6.07, 6.45) is -0.401. The minimum absolute atomic E-state index is 0.0157. The summed E-state index contributed by atoms with van der Waals surface area (Å²) in [5.74, 6) is -2.06. The first-order chi connectivity index (χ1) is 9.80. The zero-order valence-electron chi connectivity index (χ0n) is 11.1. The molecule has 2 unspecified atom stereocenters. The van der Waals surface area contributed by atoms with Gasteiger partial charge in [-0.1, -0.05) is 6.07 Å². The molecule has 116 valence electrons. The molecule has 0 spiro atoms. The van der Waals surface area contributed by atoms with E-state index in [0.717, 1.165) is 0 Å². The highest BCUT2D eigenvalue weighted by molar-refractivity contribution is 7.91. The standard InChI is InChI=1S/C12H16N2O5S2/c13-11(9-2-1-4-20-9)12(17)14-3-5-21(18,19)7-8(14)6-10(15)16/h1-2,4,8,11H,3,5-7,13H2,(H,15,16). The molecule has 0 saturated carbocycles. The van der Waals surface area contributed by atoms with Crippen LogP contribution in [0.4, 0.5) is 0 Å². The van der Waals surface area contributed by atoms with Crippen molar-refractivity contribution in [3.8, 4) is 0 Å². The van der Waals surface area contributed by atoms with E-state index in [4.69, 9.17) is 10.8 Å². The van der Waals surface area contributed by atoms with E-state index in [1.807, 2.05) is 0 Å². The van der Waals surface area contributed by atoms with Crippen LogP contribution in [-0.4, -0.2) is 54.4 Å². The molecule has 0 aliphatic carbocycles. The maximum absolute atomic E-state index is 12.4. The summed E-state index contributed by atoms with van der Waals surface area (Å²) in [6.45, 7) is -0.0157. The van der Waals surface area contributed by atoms with Crippen molar-refractivity contribution >= 4 is 33.1 Å². The number of hydrogen-bond acceptors (Lipinski definition) is 6. The molecular formula is C12H16N2O5S2. The number of carbonyl (C=O) groups excluding carboxylic acids is 1. The highest BCUT2D eigenvalue weighted by Gasteiger charge is 2.37. The largest absolute Gasteiger partial charge is 0.481 e. The summed E-state index contributed by atoms with van der Waals surface area (Å²) < 4.78 is 23.3. The van der Waals surface area contributed by atoms with Gasteiger partial charge in [-0.25, -0.2) is 8.42 Å². The quantitative estimate of drug-likeness (QED) is 0.791. The number of amides is 1. The van der Waals surface area contributed by atoms with Crippen LogP contribution in [-0.2, 0) is 19.4 Å². The van der Waals surface area contributed by atoms with Crippen LogP contribution in [0.1, 0.15) is 17.3 Å². The first kappa shape index (κ1) is 15.9. The Bertz CT molecular complexity index is 626. The number of hydrogen-bond donors (Lipinski definition) is 2. The minimum atomic E-state index is -3.32. The summed E-state index contributed by atoms with van der Waals surface area (Å²) in [5, 5.41) is 10.7. The Morgan fingerprint density at radius 1 is 1.52 bits per heavy atom. The number of sulfone groups is 1. The molecule has 1 aliphatic heterocycles. The topological polar surface area (TPSA) is 118 Å². The van der Waals surface area contributed by atoms with Crippen LogP contribution in [0.3, 0.4) is 0 Å². The summed E-state index contributed by atoms with van der Waals surface area (Å²) in [6, 6.07) is 1.74. The highest BCUT2D eigenvalue weighted by Crippen LogP contribution is 2.23. The zero-order valence-corrected chi connectivity index (χ0v) is 12.8. The van der Waals surface area contributed by atoms with Gasteiger partial charge in [-0.05, 0) is 11.4 Å². The van der Waals surface area contributed by atoms with E-state index < -0.39 is 40.2 Å². The molecule has 1 aliphatic rings. The average Bonchev–Trinajstić information content (AvgIpc) is 2.89. The second-order valence-electron chi connectivity index (χ2n) is 4.89. The van der Waals surface area contributed by atoms with Crippen molar-refractivity contribution in [1.82, 2.24) is 4.90 Å². The summed E-state index contributed by atoms with van der Waals surface area (Å²) >= 11 is 1.33. The maximum atomic E-state index is 12.4. The lowest BCUT2D eigenvalue weighted by atomic mass is 10.1. The van der Waals surface area contributed by atoms with Crippen LogP contribution in [0.15, 0.2) is 17.5 Å². The number of carbonyl (C=O) groups is 2. The molecule has 0 bridgehead atoms. The Balaban J connectivity index is 2.19. The molecular weight excluding hydrogens is 316 g/mol. The molecule has 9 heteroatoms. The third-order valence-corrected chi connectivity index (χ3v) is 5.99. The molecule has 2 atom stereocenters. The van der Waals surface area contributed by atoms with E-state index in [0.29, 0.717) is 4.88 Å². The van der Waals surface area contributed by atoms with Gasteiger partial charge in [-0.2, -0.15) is 0 Å². The molecule has 3 N–H and O–H groups in total. The van der Waals surface area contributed by atoms with Crippen molar-refractivity contribution in [3.05, 3.63) is 22.4 Å². The van der Waals surface area contributed by atoms with Gasteiger partial charge in [0.05, 0.1) is 24.0 Å². The second-order valence-corrected chi connectivity index (χ2v) is 8.10. The molecule has 21 heavy (non-hydrogen) atoms. The van der Waals surface area contributed by atoms with Crippen molar-refractivity contribution in [2.45, 2.75) is 18.5 Å². The van der Waals surface area contributed by atoms with Gasteiger partial charge < -0.3 is 15.7 Å². The van der Waals surface area contributed by atoms with E-state index in [1.54, 1.807) is 17.5 Å². The number of carboxylic acids is 1. The number of thiophene rings is 1. The third-order valence-electron chi connectivity index (χ3n) is 3.34. The Labute approximate surface area is 126 Å². The van der Waals surface area contributed by atoms with E-state index in [9.17, 15) is 18.0 Å². The lowest BCUT2D eigenvalue weighted by Crippen LogP contribution is -2.54. The SMILES string of the molecule is NC(C(=O)N1CCS(=O)(=O)CC1CC(=O)O)c1cccs1. The van der Waals surface area contributed by atoms with Crippen LogP contribution in [0, 0.1) is 0 Å². The van der Waals surface area contributed by atoms with Crippen molar-refractivity contribution in [2.24, 2.45) is 5.73 Å². The molecule has 7 nitrogen and oxygen atoms in total. The number of aliphatic carboxylic acids is 1. The third kappa shape index (κ3) is 3.80. The van der Waals surface area contributed by atoms with Crippen molar-refractivity contribution in [3.63, 3.8) is 0 Å². The van der Waals surface area contributed by atoms with Gasteiger partial charge in [0.25, 0.3) is 0 Å². The molecule has 1 fully saturated rings. The second kappa shape index (κ2) is 6.12. The highest BCUT2D eigenvalue weighted by atomic mass is 32.2. The number of nitrogens with zero attached hydrogens (tertiary/aromatic N) is 1. The van der Waals surface area contributed by atoms with Gasteiger partial charge in [0, 0.05) is 11.4 Å². The Morgan fingerprint density at radius 3 is 2.81 bits per heavy atom. The molecule has 1 amide bonds. The molecule has 0 radical (unpaired) electrons. The van der Waals surface area contributed by atoms with Crippen LogP contribution in [0.25, 0.3) is 0 Å². The van der Waals surface area contributed by atoms with Gasteiger partial charge in [0.15, 0.2) is 9.84 Å². The molecule has 2 rings (SSSR count). The van der Waals surface area contributed by atoms with Crippen LogP contribution < -0.4 is 5.73 Å². The van der Waals surface area contributed by atoms with Gasteiger partial charge in [-0.3, -0.25) is 9.59 Å². The van der Waals surface area contributed by atoms with Crippen molar-refractivity contribution in [1.29, 1.82) is 0 Å². The molecule has 2 heterocycles. The monoisotopic (exact) mass is 332 g/mol. The predicted octanol–water partition coefficient (Wildman–Crippen LogP) is -0.152. The smallest absolute Gasteiger partial charge is 0.305 e. The lowest BCUT2D eigenvalue weighted by molar-refractivity contribution is -0.140. The lowest BCUT2D eigenvalue weighted by Gasteiger charge is -2.36. The van der Waals surface area contributed by atoms with Gasteiger partial charge in [-0.15, -0.1) is 11.3 Å². The Kier molecular flexibility index (Phi) is 4.64. The fraction of sp³-hybridized carbons (Fsp3) is 0.500. The van der Waals surface area contributed by atoms with E-state index in [-0.39, 0.29) is 18.1 Å². The van der Waals surface area contributed by atoms with Crippen LogP contribution in [0.2, 0.25) is 0 Å². The fourth-order valence-electron chi connectivity index (χ4n) is 2.32. The Hall–Kier alpha value is -1.45. The van der Waals surface area contributed by atoms with Crippen molar-refractivity contribution < 1.29 is 23.1 Å². The summed E-state index contributed by atoms with van der Waals surface area (Å²) in [4.78, 5) is 25.3. The normalized spacial score (nSPS) is 22.7. The van der Waals surface area contributed by atoms with Gasteiger partial charge >= 0.3 is 5.97 Å². The van der Waals surface area contributed by atoms with E-state index in [1.165, 1.54) is 16.2 Å². The Morgan fingerprint density at radius 2 is 2.24 bits per heavy atom. The molecule has 1 aromatic heterocycles. The minimum Gasteiger partial charge on any atom is -0.481 e. The van der Waals surface area contributed by atoms with Crippen LogP contribution >= 0.6 is 11.3 Å². The number of carboxylic acid groups (broad SMARTS) is 1. The number of rotatable bonds is 4. The first-order valence-corrected chi connectivity index (χ1v) is 9.02. The van der Waals surface area contributed by atoms with Crippen LogP contribution in [0.5, 0.6) is 0 Å². The number of nitrogens with two attached hydrogens (primary N) is 1. The van der Waals surface area contributed by atoms with Gasteiger partial charge in [0.2, 0.25) is 5.91 Å². The summed E-state index contributed by atoms with van der Waals surface area (Å²) in [5.41, 5.74) is 5.90. The van der Waals surface area contributed by atoms with E-state index in [2.05, 4.69) is 0 Å². The molecule has 1 saturated heterocycles. The zero-order chi connectivity index (χ0) is 15.6. The maximum Gasteiger partial charge on any atom is 0.305 e. The van der Waals surface area contributed by atoms with Gasteiger partial charge in [0.1, 0.15) is 6.04 Å². The molecule has 1 aromatic rings. The first-order valence-electron chi connectivity index (χ1n) is 6.32. The fourth-order valence-corrected chi connectivity index (χ4v) is 4.56. The summed E-state index contributed by atoms with van der Waals surface area (Å²) in [7, 11) is -3.32. The van der Waals surface area contributed by atoms with Crippen molar-refractivity contribution in [2.75, 3.05) is 18.1 Å². The predicted molar refractivity (Wildman–Crippen MR) is 77.7 cm³/mol. The average molecular weight is 332 g/mol. The molecule has 0 aromatic carbocycles. The van der Waals surface area contributed by atoms with E-state index >= 15 is 0 Å².